The molecule has 11 heteroatoms. The average molecular weight is 645 g/mol. The van der Waals surface area contributed by atoms with Gasteiger partial charge in [0.1, 0.15) is 12.4 Å². The van der Waals surface area contributed by atoms with Crippen molar-refractivity contribution in [1.82, 2.24) is 4.57 Å². The topological polar surface area (TPSA) is 105 Å². The highest BCUT2D eigenvalue weighted by molar-refractivity contribution is 7.07. The number of esters is 2. The Labute approximate surface area is 268 Å². The van der Waals surface area contributed by atoms with Gasteiger partial charge in [0.05, 0.1) is 47.2 Å². The van der Waals surface area contributed by atoms with Gasteiger partial charge in [-0.1, -0.05) is 41.7 Å². The molecule has 238 valence electrons. The van der Waals surface area contributed by atoms with Crippen LogP contribution in [0.1, 0.15) is 60.8 Å². The Morgan fingerprint density at radius 2 is 1.59 bits per heavy atom. The first-order valence-corrected chi connectivity index (χ1v) is 15.7. The molecule has 0 N–H and O–H groups in total. The smallest absolute Gasteiger partial charge is 0.338 e. The van der Waals surface area contributed by atoms with Crippen molar-refractivity contribution in [3.63, 3.8) is 0 Å². The van der Waals surface area contributed by atoms with Crippen molar-refractivity contribution in [2.45, 2.75) is 40.3 Å². The van der Waals surface area contributed by atoms with Crippen LogP contribution in [0, 0.1) is 5.82 Å². The van der Waals surface area contributed by atoms with Crippen molar-refractivity contribution in [3.8, 4) is 11.5 Å². The number of allylic oxidation sites excluding steroid dienone is 1. The summed E-state index contributed by atoms with van der Waals surface area (Å²) in [6, 6.07) is 17.2. The molecule has 0 bridgehead atoms. The summed E-state index contributed by atoms with van der Waals surface area (Å²) in [5.74, 6) is -0.381. The minimum atomic E-state index is -0.834. The predicted molar refractivity (Wildman–Crippen MR) is 171 cm³/mol. The highest BCUT2D eigenvalue weighted by Gasteiger charge is 2.33. The van der Waals surface area contributed by atoms with Gasteiger partial charge in [-0.15, -0.1) is 0 Å². The summed E-state index contributed by atoms with van der Waals surface area (Å²) in [5, 5.41) is 0. The number of rotatable bonds is 11. The molecule has 1 atom stereocenters. The number of halogens is 1. The van der Waals surface area contributed by atoms with Crippen LogP contribution >= 0.6 is 11.3 Å². The standard InChI is InChI=1S/C35H33FN2O7S/c1-5-42-28-18-23(10-17-27(28)45-20-22-8-11-25(12-9-22)33(40)43-6-2)19-29-32(39)38-31(24-13-15-26(36)16-14-24)30(34(41)44-7-3)21(4)37-35(38)46-29/h8-19,31H,5-7,20H2,1-4H3/b29-19-/t31-/m0/s1. The lowest BCUT2D eigenvalue weighted by Crippen LogP contribution is -2.39. The maximum absolute atomic E-state index is 13.9. The molecule has 0 saturated carbocycles. The second-order valence-corrected chi connectivity index (χ2v) is 11.2. The van der Waals surface area contributed by atoms with Crippen molar-refractivity contribution >= 4 is 29.4 Å². The number of benzene rings is 3. The molecule has 2 heterocycles. The normalized spacial score (nSPS) is 14.4. The lowest BCUT2D eigenvalue weighted by molar-refractivity contribution is -0.139. The van der Waals surface area contributed by atoms with Gasteiger partial charge in [-0.2, -0.15) is 0 Å². The fourth-order valence-corrected chi connectivity index (χ4v) is 6.06. The third-order valence-electron chi connectivity index (χ3n) is 7.13. The van der Waals surface area contributed by atoms with Crippen LogP contribution in [-0.2, 0) is 20.9 Å². The van der Waals surface area contributed by atoms with E-state index in [9.17, 15) is 18.8 Å². The first kappa shape index (κ1) is 32.4. The molecule has 3 aromatic carbocycles. The van der Waals surface area contributed by atoms with Crippen LogP contribution in [0.4, 0.5) is 4.39 Å². The Kier molecular flexibility index (Phi) is 10.1. The number of aromatic nitrogens is 1. The van der Waals surface area contributed by atoms with E-state index in [0.717, 1.165) is 5.56 Å². The van der Waals surface area contributed by atoms with E-state index in [1.807, 2.05) is 13.0 Å². The van der Waals surface area contributed by atoms with E-state index in [0.29, 0.717) is 56.4 Å². The van der Waals surface area contributed by atoms with Crippen LogP contribution in [-0.4, -0.2) is 36.3 Å². The number of hydrogen-bond acceptors (Lipinski definition) is 9. The molecular weight excluding hydrogens is 611 g/mol. The molecule has 5 rings (SSSR count). The number of thiazole rings is 1. The van der Waals surface area contributed by atoms with Crippen LogP contribution in [0.2, 0.25) is 0 Å². The third-order valence-corrected chi connectivity index (χ3v) is 8.11. The highest BCUT2D eigenvalue weighted by Crippen LogP contribution is 2.32. The van der Waals surface area contributed by atoms with Crippen LogP contribution in [0.3, 0.4) is 0 Å². The molecule has 1 aromatic heterocycles. The fourth-order valence-electron chi connectivity index (χ4n) is 5.02. The number of carbonyl (C=O) groups excluding carboxylic acids is 2. The molecule has 9 nitrogen and oxygen atoms in total. The Hall–Kier alpha value is -5.03. The predicted octanol–water partition coefficient (Wildman–Crippen LogP) is 5.09. The Morgan fingerprint density at radius 3 is 2.26 bits per heavy atom. The minimum absolute atomic E-state index is 0.153. The van der Waals surface area contributed by atoms with Gasteiger partial charge >= 0.3 is 11.9 Å². The molecule has 4 aromatic rings. The van der Waals surface area contributed by atoms with E-state index < -0.39 is 17.8 Å². The highest BCUT2D eigenvalue weighted by atomic mass is 32.1. The van der Waals surface area contributed by atoms with Crippen molar-refractivity contribution < 1.29 is 32.9 Å². The summed E-state index contributed by atoms with van der Waals surface area (Å²) < 4.78 is 37.9. The van der Waals surface area contributed by atoms with Crippen LogP contribution in [0.15, 0.2) is 87.8 Å². The lowest BCUT2D eigenvalue weighted by Gasteiger charge is -2.24. The first-order valence-electron chi connectivity index (χ1n) is 14.8. The summed E-state index contributed by atoms with van der Waals surface area (Å²) >= 11 is 1.19. The van der Waals surface area contributed by atoms with Gasteiger partial charge in [0.2, 0.25) is 0 Å². The number of ether oxygens (including phenoxy) is 4. The molecule has 0 saturated heterocycles. The zero-order valence-corrected chi connectivity index (χ0v) is 26.7. The minimum Gasteiger partial charge on any atom is -0.490 e. The monoisotopic (exact) mass is 644 g/mol. The Bertz CT molecular complexity index is 1960. The van der Waals surface area contributed by atoms with Gasteiger partial charge in [-0.05, 0) is 86.9 Å². The van der Waals surface area contributed by atoms with Gasteiger partial charge in [0.25, 0.3) is 5.56 Å². The Morgan fingerprint density at radius 1 is 0.891 bits per heavy atom. The number of fused-ring (bicyclic) bond motifs is 1. The van der Waals surface area contributed by atoms with Crippen LogP contribution in [0.5, 0.6) is 11.5 Å². The van der Waals surface area contributed by atoms with Gasteiger partial charge in [-0.25, -0.2) is 19.0 Å². The average Bonchev–Trinajstić information content (AvgIpc) is 3.34. The zero-order chi connectivity index (χ0) is 32.8. The maximum atomic E-state index is 13.9. The van der Waals surface area contributed by atoms with Crippen LogP contribution < -0.4 is 24.4 Å². The van der Waals surface area contributed by atoms with Crippen molar-refractivity contribution in [1.29, 1.82) is 0 Å². The maximum Gasteiger partial charge on any atom is 0.338 e. The summed E-state index contributed by atoms with van der Waals surface area (Å²) in [7, 11) is 0. The molecule has 0 unspecified atom stereocenters. The lowest BCUT2D eigenvalue weighted by atomic mass is 9.96. The van der Waals surface area contributed by atoms with E-state index in [1.165, 1.54) is 28.0 Å². The molecule has 1 aliphatic rings. The van der Waals surface area contributed by atoms with E-state index in [2.05, 4.69) is 4.99 Å². The Balaban J connectivity index is 1.47. The first-order chi connectivity index (χ1) is 22.2. The van der Waals surface area contributed by atoms with Gasteiger partial charge in [0.15, 0.2) is 16.3 Å². The molecular formula is C35H33FN2O7S. The molecule has 0 radical (unpaired) electrons. The number of carbonyl (C=O) groups is 2. The summed E-state index contributed by atoms with van der Waals surface area (Å²) in [6.07, 6.45) is 1.73. The molecule has 0 aliphatic carbocycles. The van der Waals surface area contributed by atoms with E-state index in [1.54, 1.807) is 75.4 Å². The van der Waals surface area contributed by atoms with Gasteiger partial charge in [-0.3, -0.25) is 9.36 Å². The summed E-state index contributed by atoms with van der Waals surface area (Å²) in [6.45, 7) is 8.11. The third kappa shape index (κ3) is 6.94. The fraction of sp³-hybridized carbons (Fsp3) is 0.257. The summed E-state index contributed by atoms with van der Waals surface area (Å²) in [5.41, 5.74) is 2.87. The molecule has 46 heavy (non-hydrogen) atoms. The summed E-state index contributed by atoms with van der Waals surface area (Å²) in [4.78, 5) is 43.9. The quantitative estimate of drug-likeness (QED) is 0.210. The zero-order valence-electron chi connectivity index (χ0n) is 25.9. The van der Waals surface area contributed by atoms with Crippen molar-refractivity contribution in [2.75, 3.05) is 19.8 Å². The van der Waals surface area contributed by atoms with E-state index in [-0.39, 0.29) is 30.3 Å². The largest absolute Gasteiger partial charge is 0.490 e. The van der Waals surface area contributed by atoms with E-state index in [4.69, 9.17) is 18.9 Å². The van der Waals surface area contributed by atoms with Gasteiger partial charge < -0.3 is 18.9 Å². The van der Waals surface area contributed by atoms with Crippen molar-refractivity contribution in [2.24, 2.45) is 4.99 Å². The number of hydrogen-bond donors (Lipinski definition) is 0. The number of nitrogens with zero attached hydrogens (tertiary/aromatic N) is 2. The molecule has 0 fully saturated rings. The SMILES string of the molecule is CCOC(=O)C1=C(C)N=c2s/c(=C\c3ccc(OCc4ccc(C(=O)OCC)cc4)c(OCC)c3)c(=O)n2[C@H]1c1ccc(F)cc1. The van der Waals surface area contributed by atoms with Crippen molar-refractivity contribution in [3.05, 3.63) is 126 Å². The molecule has 1 aliphatic heterocycles. The molecule has 0 spiro atoms. The van der Waals surface area contributed by atoms with E-state index >= 15 is 0 Å². The molecule has 0 amide bonds. The van der Waals surface area contributed by atoms with Crippen LogP contribution in [0.25, 0.3) is 6.08 Å². The second kappa shape index (κ2) is 14.4. The second-order valence-electron chi connectivity index (χ2n) is 10.2. The van der Waals surface area contributed by atoms with Gasteiger partial charge in [0, 0.05) is 0 Å².